The number of carbonyl (C=O) groups excluding carboxylic acids is 3. The zero-order chi connectivity index (χ0) is 23.5. The first-order valence-electron chi connectivity index (χ1n) is 10.7. The number of nitrogens with one attached hydrogen (secondary N) is 1. The van der Waals surface area contributed by atoms with Crippen molar-refractivity contribution in [3.63, 3.8) is 0 Å². The van der Waals surface area contributed by atoms with E-state index in [2.05, 4.69) is 5.32 Å². The van der Waals surface area contributed by atoms with Gasteiger partial charge in [0, 0.05) is 18.3 Å². The van der Waals surface area contributed by atoms with Crippen molar-refractivity contribution in [3.05, 3.63) is 59.4 Å². The van der Waals surface area contributed by atoms with Gasteiger partial charge in [-0.3, -0.25) is 14.4 Å². The lowest BCUT2D eigenvalue weighted by Crippen LogP contribution is -2.53. The lowest BCUT2D eigenvalue weighted by molar-refractivity contribution is -0.151. The molecule has 0 bridgehead atoms. The Morgan fingerprint density at radius 3 is 2.79 bits per heavy atom. The van der Waals surface area contributed by atoms with Crippen LogP contribution in [0.5, 0.6) is 5.75 Å². The Morgan fingerprint density at radius 1 is 1.21 bits per heavy atom. The lowest BCUT2D eigenvalue weighted by Gasteiger charge is -2.42. The topological polar surface area (TPSA) is 94.2 Å². The molecular weight excluding hydrogens is 431 g/mol. The molecule has 1 saturated heterocycles. The Balaban J connectivity index is 1.52. The van der Waals surface area contributed by atoms with Crippen LogP contribution in [0.25, 0.3) is 0 Å². The maximum Gasteiger partial charge on any atom is 0.308 e. The van der Waals surface area contributed by atoms with E-state index in [0.717, 1.165) is 6.07 Å². The summed E-state index contributed by atoms with van der Waals surface area (Å²) < 4.78 is 30.1. The summed E-state index contributed by atoms with van der Waals surface area (Å²) in [6.07, 6.45) is 0.753. The van der Waals surface area contributed by atoms with Crippen LogP contribution in [0.1, 0.15) is 40.0 Å². The van der Waals surface area contributed by atoms with Crippen LogP contribution >= 0.6 is 0 Å². The second-order valence-corrected chi connectivity index (χ2v) is 8.12. The molecule has 2 aliphatic rings. The molecule has 2 aromatic rings. The Bertz CT molecular complexity index is 1070. The number of methoxy groups -OCH3 is 1. The number of nitrogens with zero attached hydrogens (tertiary/aromatic N) is 1. The summed E-state index contributed by atoms with van der Waals surface area (Å²) in [5.41, 5.74) is 0.873. The summed E-state index contributed by atoms with van der Waals surface area (Å²) in [6.45, 7) is 0.210. The molecule has 2 aromatic carbocycles. The molecule has 0 spiro atoms. The van der Waals surface area contributed by atoms with Crippen molar-refractivity contribution in [2.24, 2.45) is 0 Å². The third-order valence-corrected chi connectivity index (χ3v) is 5.98. The number of esters is 1. The van der Waals surface area contributed by atoms with Crippen LogP contribution in [0.4, 0.5) is 10.1 Å². The molecule has 2 heterocycles. The van der Waals surface area contributed by atoms with Crippen molar-refractivity contribution in [1.82, 2.24) is 4.90 Å². The molecule has 0 aliphatic carbocycles. The van der Waals surface area contributed by atoms with E-state index in [4.69, 9.17) is 14.2 Å². The van der Waals surface area contributed by atoms with Gasteiger partial charge in [-0.15, -0.1) is 0 Å². The van der Waals surface area contributed by atoms with E-state index in [9.17, 15) is 18.8 Å². The summed E-state index contributed by atoms with van der Waals surface area (Å²) in [4.78, 5) is 39.0. The van der Waals surface area contributed by atoms with E-state index in [-0.39, 0.29) is 48.7 Å². The minimum Gasteiger partial charge on any atom is -0.490 e. The number of fused-ring (bicyclic) bond motifs is 2. The Labute approximate surface area is 190 Å². The van der Waals surface area contributed by atoms with E-state index < -0.39 is 11.7 Å². The summed E-state index contributed by atoms with van der Waals surface area (Å²) >= 11 is 0. The largest absolute Gasteiger partial charge is 0.490 e. The first kappa shape index (κ1) is 22.7. The number of likely N-dealkylation sites (N-methyl/N-ethyl adjacent to an activating group) is 1. The van der Waals surface area contributed by atoms with Gasteiger partial charge < -0.3 is 24.4 Å². The SMILES string of the molecule is COC(=O)C[C@@H]1CC[C@@H]2[C@@H](COc3ccc(NC(=O)c4cccc(F)c4)cc3C(=O)N2C)O1. The highest BCUT2D eigenvalue weighted by Crippen LogP contribution is 2.32. The molecule has 0 saturated carbocycles. The number of amides is 2. The van der Waals surface area contributed by atoms with Gasteiger partial charge in [-0.1, -0.05) is 6.07 Å². The molecule has 33 heavy (non-hydrogen) atoms. The predicted molar refractivity (Wildman–Crippen MR) is 117 cm³/mol. The number of benzene rings is 2. The van der Waals surface area contributed by atoms with E-state index >= 15 is 0 Å². The van der Waals surface area contributed by atoms with Crippen LogP contribution in [-0.2, 0) is 14.3 Å². The number of rotatable bonds is 4. The summed E-state index contributed by atoms with van der Waals surface area (Å²) in [5.74, 6) is -1.24. The fourth-order valence-corrected chi connectivity index (χ4v) is 4.21. The molecule has 3 atom stereocenters. The lowest BCUT2D eigenvalue weighted by atomic mass is 9.94. The third kappa shape index (κ3) is 4.98. The highest BCUT2D eigenvalue weighted by atomic mass is 19.1. The fourth-order valence-electron chi connectivity index (χ4n) is 4.21. The first-order valence-corrected chi connectivity index (χ1v) is 10.7. The number of ether oxygens (including phenoxy) is 3. The van der Waals surface area contributed by atoms with Crippen molar-refractivity contribution >= 4 is 23.5 Å². The van der Waals surface area contributed by atoms with Gasteiger partial charge >= 0.3 is 5.97 Å². The van der Waals surface area contributed by atoms with Gasteiger partial charge in [0.25, 0.3) is 11.8 Å². The Morgan fingerprint density at radius 2 is 2.03 bits per heavy atom. The van der Waals surface area contributed by atoms with Crippen molar-refractivity contribution < 1.29 is 33.0 Å². The third-order valence-electron chi connectivity index (χ3n) is 5.98. The van der Waals surface area contributed by atoms with Crippen LogP contribution in [-0.4, -0.2) is 61.7 Å². The Kier molecular flexibility index (Phi) is 6.60. The highest BCUT2D eigenvalue weighted by molar-refractivity contribution is 6.05. The standard InChI is InChI=1S/C24H25FN2O6/c1-27-19-8-7-17(12-22(28)31-2)33-21(19)13-32-20-9-6-16(11-18(20)24(27)30)26-23(29)14-4-3-5-15(25)10-14/h3-6,9-11,17,19,21H,7-8,12-13H2,1-2H3,(H,26,29)/t17-,19+,21+/m0/s1. The second-order valence-electron chi connectivity index (χ2n) is 8.12. The zero-order valence-corrected chi connectivity index (χ0v) is 18.4. The minimum absolute atomic E-state index is 0.155. The number of anilines is 1. The molecule has 0 unspecified atom stereocenters. The van der Waals surface area contributed by atoms with Crippen molar-refractivity contribution in [3.8, 4) is 5.75 Å². The zero-order valence-electron chi connectivity index (χ0n) is 18.4. The van der Waals surface area contributed by atoms with Crippen LogP contribution in [0.2, 0.25) is 0 Å². The quantitative estimate of drug-likeness (QED) is 0.711. The Hall–Kier alpha value is -3.46. The molecule has 174 valence electrons. The predicted octanol–water partition coefficient (Wildman–Crippen LogP) is 3.02. The number of halogens is 1. The van der Waals surface area contributed by atoms with Crippen LogP contribution < -0.4 is 10.1 Å². The fraction of sp³-hybridized carbons (Fsp3) is 0.375. The maximum absolute atomic E-state index is 13.4. The highest BCUT2D eigenvalue weighted by Gasteiger charge is 2.39. The number of hydrogen-bond acceptors (Lipinski definition) is 6. The summed E-state index contributed by atoms with van der Waals surface area (Å²) in [6, 6.07) is 9.91. The van der Waals surface area contributed by atoms with E-state index in [1.54, 1.807) is 30.1 Å². The van der Waals surface area contributed by atoms with Crippen molar-refractivity contribution in [2.45, 2.75) is 37.5 Å². The average Bonchev–Trinajstić information content (AvgIpc) is 2.81. The number of hydrogen-bond donors (Lipinski definition) is 1. The first-order chi connectivity index (χ1) is 15.9. The second kappa shape index (κ2) is 9.58. The van der Waals surface area contributed by atoms with Gasteiger partial charge in [-0.25, -0.2) is 4.39 Å². The molecular formula is C24H25FN2O6. The molecule has 2 amide bonds. The summed E-state index contributed by atoms with van der Waals surface area (Å²) in [7, 11) is 3.04. The molecule has 1 N–H and O–H groups in total. The summed E-state index contributed by atoms with van der Waals surface area (Å²) in [5, 5.41) is 2.69. The maximum atomic E-state index is 13.4. The van der Waals surface area contributed by atoms with Gasteiger partial charge in [-0.05, 0) is 49.2 Å². The monoisotopic (exact) mass is 456 g/mol. The molecule has 2 aliphatic heterocycles. The van der Waals surface area contributed by atoms with E-state index in [1.165, 1.54) is 25.3 Å². The van der Waals surface area contributed by atoms with Gasteiger partial charge in [-0.2, -0.15) is 0 Å². The van der Waals surface area contributed by atoms with Crippen molar-refractivity contribution in [1.29, 1.82) is 0 Å². The smallest absolute Gasteiger partial charge is 0.308 e. The van der Waals surface area contributed by atoms with Gasteiger partial charge in [0.2, 0.25) is 0 Å². The molecule has 0 radical (unpaired) electrons. The number of carbonyl (C=O) groups is 3. The van der Waals surface area contributed by atoms with E-state index in [0.29, 0.717) is 29.8 Å². The molecule has 0 aromatic heterocycles. The van der Waals surface area contributed by atoms with Crippen LogP contribution in [0.3, 0.4) is 0 Å². The van der Waals surface area contributed by atoms with Gasteiger partial charge in [0.1, 0.15) is 24.3 Å². The molecule has 9 heteroatoms. The van der Waals surface area contributed by atoms with Gasteiger partial charge in [0.15, 0.2) is 0 Å². The molecule has 4 rings (SSSR count). The van der Waals surface area contributed by atoms with Crippen LogP contribution in [0.15, 0.2) is 42.5 Å². The minimum atomic E-state index is -0.510. The van der Waals surface area contributed by atoms with Gasteiger partial charge in [0.05, 0.1) is 31.2 Å². The molecule has 8 nitrogen and oxygen atoms in total. The molecule has 1 fully saturated rings. The van der Waals surface area contributed by atoms with Crippen molar-refractivity contribution in [2.75, 3.05) is 26.1 Å². The van der Waals surface area contributed by atoms with E-state index in [1.807, 2.05) is 0 Å². The average molecular weight is 456 g/mol. The normalized spacial score (nSPS) is 22.2. The van der Waals surface area contributed by atoms with Crippen LogP contribution in [0, 0.1) is 5.82 Å².